The van der Waals surface area contributed by atoms with Crippen molar-refractivity contribution in [1.82, 2.24) is 4.98 Å². The zero-order valence-electron chi connectivity index (χ0n) is 16.5. The molecule has 1 aromatic heterocycles. The van der Waals surface area contributed by atoms with Crippen molar-refractivity contribution in [1.29, 1.82) is 5.26 Å². The van der Waals surface area contributed by atoms with Gasteiger partial charge in [-0.3, -0.25) is 4.79 Å². The van der Waals surface area contributed by atoms with Gasteiger partial charge in [0.2, 0.25) is 5.91 Å². The van der Waals surface area contributed by atoms with Crippen LogP contribution in [0.3, 0.4) is 0 Å². The Morgan fingerprint density at radius 2 is 2.03 bits per heavy atom. The molecule has 0 bridgehead atoms. The molecule has 1 amide bonds. The van der Waals surface area contributed by atoms with Gasteiger partial charge in [0.1, 0.15) is 11.1 Å². The molecule has 6 nitrogen and oxygen atoms in total. The zero-order chi connectivity index (χ0) is 20.2. The van der Waals surface area contributed by atoms with Crippen LogP contribution < -0.4 is 10.2 Å². The Kier molecular flexibility index (Phi) is 6.02. The first-order valence-corrected chi connectivity index (χ1v) is 10.9. The summed E-state index contributed by atoms with van der Waals surface area (Å²) in [5, 5.41) is 13.2. The van der Waals surface area contributed by atoms with Crippen molar-refractivity contribution in [3.63, 3.8) is 0 Å². The summed E-state index contributed by atoms with van der Waals surface area (Å²) in [6, 6.07) is 10.2. The number of aryl methyl sites for hydroxylation is 1. The van der Waals surface area contributed by atoms with Crippen molar-refractivity contribution < 1.29 is 9.53 Å². The minimum Gasteiger partial charge on any atom is -0.378 e. The van der Waals surface area contributed by atoms with E-state index >= 15 is 0 Å². The number of thioether (sulfide) groups is 1. The lowest BCUT2D eigenvalue weighted by Crippen LogP contribution is -2.36. The minimum absolute atomic E-state index is 0.0991. The fourth-order valence-electron chi connectivity index (χ4n) is 3.89. The summed E-state index contributed by atoms with van der Waals surface area (Å²) in [4.78, 5) is 19.4. The van der Waals surface area contributed by atoms with E-state index in [1.165, 1.54) is 17.3 Å². The van der Waals surface area contributed by atoms with Gasteiger partial charge in [-0.15, -0.1) is 0 Å². The Labute approximate surface area is 175 Å². The fraction of sp³-hybridized carbons (Fsp3) is 0.409. The summed E-state index contributed by atoms with van der Waals surface area (Å²) in [5.41, 5.74) is 5.84. The van der Waals surface area contributed by atoms with Gasteiger partial charge in [0.05, 0.1) is 24.5 Å². The molecule has 2 aliphatic rings. The molecular formula is C22H24N4O2S. The van der Waals surface area contributed by atoms with Gasteiger partial charge in [-0.25, -0.2) is 4.98 Å². The van der Waals surface area contributed by atoms with Crippen LogP contribution >= 0.6 is 11.8 Å². The highest BCUT2D eigenvalue weighted by molar-refractivity contribution is 8.00. The summed E-state index contributed by atoms with van der Waals surface area (Å²) in [5.74, 6) is 0.128. The maximum absolute atomic E-state index is 12.4. The molecule has 7 heteroatoms. The topological polar surface area (TPSA) is 78.2 Å². The molecular weight excluding hydrogens is 384 g/mol. The first kappa shape index (κ1) is 19.7. The molecule has 4 rings (SSSR count). The average molecular weight is 409 g/mol. The Morgan fingerprint density at radius 1 is 1.28 bits per heavy atom. The van der Waals surface area contributed by atoms with Crippen molar-refractivity contribution in [2.75, 3.05) is 42.3 Å². The van der Waals surface area contributed by atoms with Gasteiger partial charge in [-0.05, 0) is 61.6 Å². The van der Waals surface area contributed by atoms with Gasteiger partial charge in [0.25, 0.3) is 0 Å². The summed E-state index contributed by atoms with van der Waals surface area (Å²) in [6.07, 6.45) is 3.04. The van der Waals surface area contributed by atoms with E-state index in [2.05, 4.69) is 21.3 Å². The van der Waals surface area contributed by atoms with E-state index in [1.807, 2.05) is 31.2 Å². The first-order chi connectivity index (χ1) is 14.2. The van der Waals surface area contributed by atoms with E-state index < -0.39 is 0 Å². The molecule has 0 atom stereocenters. The van der Waals surface area contributed by atoms with Gasteiger partial charge >= 0.3 is 0 Å². The van der Waals surface area contributed by atoms with E-state index in [0.717, 1.165) is 68.2 Å². The molecule has 29 heavy (non-hydrogen) atoms. The van der Waals surface area contributed by atoms with Crippen LogP contribution in [0.15, 0.2) is 29.3 Å². The van der Waals surface area contributed by atoms with Crippen molar-refractivity contribution in [3.05, 3.63) is 46.6 Å². The number of nitrogens with one attached hydrogen (secondary N) is 1. The van der Waals surface area contributed by atoms with Gasteiger partial charge in [-0.1, -0.05) is 11.8 Å². The van der Waals surface area contributed by atoms with Gasteiger partial charge in [0.15, 0.2) is 0 Å². The predicted octanol–water partition coefficient (Wildman–Crippen LogP) is 3.32. The molecule has 0 saturated carbocycles. The number of fused-ring (bicyclic) bond motifs is 1. The third-order valence-electron chi connectivity index (χ3n) is 5.45. The number of aromatic nitrogens is 1. The Morgan fingerprint density at radius 3 is 2.76 bits per heavy atom. The molecule has 0 spiro atoms. The number of rotatable bonds is 5. The van der Waals surface area contributed by atoms with E-state index in [9.17, 15) is 10.1 Å². The number of morpholine rings is 1. The van der Waals surface area contributed by atoms with E-state index in [0.29, 0.717) is 10.6 Å². The third kappa shape index (κ3) is 4.39. The molecule has 1 N–H and O–H groups in total. The van der Waals surface area contributed by atoms with Crippen molar-refractivity contribution in [3.8, 4) is 6.07 Å². The molecule has 2 heterocycles. The summed E-state index contributed by atoms with van der Waals surface area (Å²) in [7, 11) is 0. The number of carbonyl (C=O) groups is 1. The first-order valence-electron chi connectivity index (χ1n) is 9.93. The lowest BCUT2D eigenvalue weighted by molar-refractivity contribution is -0.113. The number of hydrogen-bond donors (Lipinski definition) is 1. The molecule has 2 aromatic rings. The fourth-order valence-corrected chi connectivity index (χ4v) is 4.75. The maximum atomic E-state index is 12.4. The minimum atomic E-state index is -0.0991. The highest BCUT2D eigenvalue weighted by Crippen LogP contribution is 2.31. The maximum Gasteiger partial charge on any atom is 0.234 e. The number of nitriles is 1. The standard InChI is InChI=1S/C22H24N4O2S/c1-15-18-3-2-4-20(18)25-22(19(15)13-23)29-14-21(27)24-16-5-7-17(8-6-16)26-9-11-28-12-10-26/h5-8H,2-4,9-12,14H2,1H3,(H,24,27). The predicted molar refractivity (Wildman–Crippen MR) is 115 cm³/mol. The summed E-state index contributed by atoms with van der Waals surface area (Å²) < 4.78 is 5.38. The molecule has 0 radical (unpaired) electrons. The Hall–Kier alpha value is -2.56. The van der Waals surface area contributed by atoms with Crippen LogP contribution in [0.2, 0.25) is 0 Å². The number of benzene rings is 1. The van der Waals surface area contributed by atoms with Crippen LogP contribution in [0, 0.1) is 18.3 Å². The second-order valence-electron chi connectivity index (χ2n) is 7.29. The van der Waals surface area contributed by atoms with Crippen LogP contribution in [-0.2, 0) is 22.4 Å². The molecule has 0 unspecified atom stereocenters. The van der Waals surface area contributed by atoms with Crippen LogP contribution in [-0.4, -0.2) is 42.9 Å². The number of ether oxygens (including phenoxy) is 1. The van der Waals surface area contributed by atoms with Crippen molar-refractivity contribution in [2.45, 2.75) is 31.2 Å². The highest BCUT2D eigenvalue weighted by atomic mass is 32.2. The monoisotopic (exact) mass is 408 g/mol. The lowest BCUT2D eigenvalue weighted by atomic mass is 10.0. The number of hydrogen-bond acceptors (Lipinski definition) is 6. The third-order valence-corrected chi connectivity index (χ3v) is 6.42. The average Bonchev–Trinajstić information content (AvgIpc) is 3.22. The van der Waals surface area contributed by atoms with Crippen molar-refractivity contribution in [2.24, 2.45) is 0 Å². The largest absolute Gasteiger partial charge is 0.378 e. The molecule has 1 aliphatic heterocycles. The van der Waals surface area contributed by atoms with E-state index in [4.69, 9.17) is 4.74 Å². The number of nitrogens with zero attached hydrogens (tertiary/aromatic N) is 3. The zero-order valence-corrected chi connectivity index (χ0v) is 17.3. The second-order valence-corrected chi connectivity index (χ2v) is 8.25. The summed E-state index contributed by atoms with van der Waals surface area (Å²) in [6.45, 7) is 5.26. The van der Waals surface area contributed by atoms with Gasteiger partial charge < -0.3 is 15.0 Å². The van der Waals surface area contributed by atoms with E-state index in [1.54, 1.807) is 0 Å². The quantitative estimate of drug-likeness (QED) is 0.765. The Balaban J connectivity index is 1.37. The molecule has 1 aromatic carbocycles. The number of anilines is 2. The van der Waals surface area contributed by atoms with Crippen LogP contribution in [0.5, 0.6) is 0 Å². The number of amides is 1. The normalized spacial score (nSPS) is 15.7. The second kappa shape index (κ2) is 8.85. The SMILES string of the molecule is Cc1c(C#N)c(SCC(=O)Nc2ccc(N3CCOCC3)cc2)nc2c1CCC2. The van der Waals surface area contributed by atoms with Crippen LogP contribution in [0.25, 0.3) is 0 Å². The number of pyridine rings is 1. The van der Waals surface area contributed by atoms with E-state index in [-0.39, 0.29) is 11.7 Å². The number of carbonyl (C=O) groups excluding carboxylic acids is 1. The molecule has 150 valence electrons. The van der Waals surface area contributed by atoms with Gasteiger partial charge in [0, 0.05) is 30.2 Å². The molecule has 1 aliphatic carbocycles. The molecule has 1 fully saturated rings. The van der Waals surface area contributed by atoms with Gasteiger partial charge in [-0.2, -0.15) is 5.26 Å². The smallest absolute Gasteiger partial charge is 0.234 e. The lowest BCUT2D eigenvalue weighted by Gasteiger charge is -2.28. The molecule has 1 saturated heterocycles. The Bertz CT molecular complexity index is 947. The van der Waals surface area contributed by atoms with Crippen LogP contribution in [0.1, 0.15) is 28.8 Å². The highest BCUT2D eigenvalue weighted by Gasteiger charge is 2.21. The van der Waals surface area contributed by atoms with Crippen LogP contribution in [0.4, 0.5) is 11.4 Å². The summed E-state index contributed by atoms with van der Waals surface area (Å²) >= 11 is 1.34. The van der Waals surface area contributed by atoms with Crippen molar-refractivity contribution >= 4 is 29.0 Å².